The third-order valence-electron chi connectivity index (χ3n) is 5.72. The predicted molar refractivity (Wildman–Crippen MR) is 98.2 cm³/mol. The van der Waals surface area contributed by atoms with E-state index in [4.69, 9.17) is 9.40 Å². The van der Waals surface area contributed by atoms with E-state index in [1.165, 1.54) is 36.5 Å². The monoisotopic (exact) mass is 336 g/mol. The number of imidazole rings is 1. The lowest BCUT2D eigenvalue weighted by Crippen LogP contribution is -2.23. The minimum atomic E-state index is 0.499. The molecule has 2 aliphatic rings. The molecule has 0 amide bonds. The summed E-state index contributed by atoms with van der Waals surface area (Å²) >= 11 is 0. The van der Waals surface area contributed by atoms with Gasteiger partial charge in [-0.3, -0.25) is 0 Å². The molecule has 4 heterocycles. The van der Waals surface area contributed by atoms with Crippen molar-refractivity contribution in [1.29, 1.82) is 0 Å². The first-order valence-corrected chi connectivity index (χ1v) is 9.37. The SMILES string of the molecule is Cc1cc2c(N3CC[C@H](n4c(C)nc5c4CCCC5)C3)nccc2o1. The second-order valence-electron chi connectivity index (χ2n) is 7.42. The van der Waals surface area contributed by atoms with Crippen molar-refractivity contribution in [3.8, 4) is 0 Å². The molecule has 130 valence electrons. The molecule has 3 aromatic rings. The molecular formula is C20H24N4O. The van der Waals surface area contributed by atoms with Crippen LogP contribution in [-0.2, 0) is 12.8 Å². The van der Waals surface area contributed by atoms with E-state index in [0.717, 1.165) is 48.5 Å². The quantitative estimate of drug-likeness (QED) is 0.710. The highest BCUT2D eigenvalue weighted by molar-refractivity contribution is 5.89. The lowest BCUT2D eigenvalue weighted by atomic mass is 10.0. The molecule has 0 saturated carbocycles. The molecule has 25 heavy (non-hydrogen) atoms. The first-order valence-electron chi connectivity index (χ1n) is 9.37. The number of fused-ring (bicyclic) bond motifs is 2. The van der Waals surface area contributed by atoms with Crippen LogP contribution in [-0.4, -0.2) is 27.6 Å². The van der Waals surface area contributed by atoms with Gasteiger partial charge in [-0.2, -0.15) is 0 Å². The number of hydrogen-bond donors (Lipinski definition) is 0. The zero-order chi connectivity index (χ0) is 17.0. The lowest BCUT2D eigenvalue weighted by molar-refractivity contribution is 0.505. The van der Waals surface area contributed by atoms with Crippen molar-refractivity contribution in [2.45, 2.75) is 52.0 Å². The van der Waals surface area contributed by atoms with Gasteiger partial charge in [-0.25, -0.2) is 9.97 Å². The summed E-state index contributed by atoms with van der Waals surface area (Å²) in [6, 6.07) is 4.56. The van der Waals surface area contributed by atoms with Crippen LogP contribution in [0.3, 0.4) is 0 Å². The Balaban J connectivity index is 1.48. The Labute approximate surface area is 147 Å². The molecule has 1 atom stereocenters. The molecule has 0 bridgehead atoms. The highest BCUT2D eigenvalue weighted by atomic mass is 16.3. The van der Waals surface area contributed by atoms with Gasteiger partial charge in [0.25, 0.3) is 0 Å². The Morgan fingerprint density at radius 1 is 1.20 bits per heavy atom. The maximum Gasteiger partial charge on any atom is 0.139 e. The summed E-state index contributed by atoms with van der Waals surface area (Å²) in [5.41, 5.74) is 3.76. The number of pyridine rings is 1. The second-order valence-corrected chi connectivity index (χ2v) is 7.42. The smallest absolute Gasteiger partial charge is 0.139 e. The van der Waals surface area contributed by atoms with Crippen LogP contribution in [0.4, 0.5) is 5.82 Å². The van der Waals surface area contributed by atoms with E-state index in [0.29, 0.717) is 6.04 Å². The fraction of sp³-hybridized carbons (Fsp3) is 0.500. The Morgan fingerprint density at radius 3 is 3.00 bits per heavy atom. The summed E-state index contributed by atoms with van der Waals surface area (Å²) < 4.78 is 8.30. The Morgan fingerprint density at radius 2 is 2.08 bits per heavy atom. The highest BCUT2D eigenvalue weighted by Crippen LogP contribution is 2.34. The van der Waals surface area contributed by atoms with Gasteiger partial charge in [-0.15, -0.1) is 0 Å². The van der Waals surface area contributed by atoms with E-state index in [-0.39, 0.29) is 0 Å². The van der Waals surface area contributed by atoms with Crippen molar-refractivity contribution in [2.75, 3.05) is 18.0 Å². The zero-order valence-corrected chi connectivity index (χ0v) is 15.0. The van der Waals surface area contributed by atoms with Crippen LogP contribution in [0.5, 0.6) is 0 Å². The van der Waals surface area contributed by atoms with E-state index in [1.807, 2.05) is 19.2 Å². The summed E-state index contributed by atoms with van der Waals surface area (Å²) in [4.78, 5) is 11.9. The molecule has 0 N–H and O–H groups in total. The van der Waals surface area contributed by atoms with Crippen LogP contribution < -0.4 is 4.90 Å². The van der Waals surface area contributed by atoms with Crippen LogP contribution in [0.25, 0.3) is 11.0 Å². The number of furan rings is 1. The van der Waals surface area contributed by atoms with Gasteiger partial charge in [0.1, 0.15) is 23.0 Å². The van der Waals surface area contributed by atoms with Crippen molar-refractivity contribution >= 4 is 16.8 Å². The van der Waals surface area contributed by atoms with Crippen molar-refractivity contribution in [1.82, 2.24) is 14.5 Å². The third kappa shape index (κ3) is 2.36. The van der Waals surface area contributed by atoms with Crippen molar-refractivity contribution in [3.05, 3.63) is 41.3 Å². The van der Waals surface area contributed by atoms with E-state index in [9.17, 15) is 0 Å². The summed E-state index contributed by atoms with van der Waals surface area (Å²) in [5.74, 6) is 3.19. The van der Waals surface area contributed by atoms with Crippen LogP contribution >= 0.6 is 0 Å². The molecule has 3 aromatic heterocycles. The maximum absolute atomic E-state index is 5.78. The summed E-state index contributed by atoms with van der Waals surface area (Å²) in [6.07, 6.45) is 7.92. The highest BCUT2D eigenvalue weighted by Gasteiger charge is 2.30. The summed E-state index contributed by atoms with van der Waals surface area (Å²) in [7, 11) is 0. The minimum Gasteiger partial charge on any atom is -0.461 e. The molecule has 0 unspecified atom stereocenters. The topological polar surface area (TPSA) is 47.1 Å². The molecular weight excluding hydrogens is 312 g/mol. The van der Waals surface area contributed by atoms with Gasteiger partial charge in [-0.1, -0.05) is 0 Å². The number of nitrogens with zero attached hydrogens (tertiary/aromatic N) is 4. The van der Waals surface area contributed by atoms with Gasteiger partial charge >= 0.3 is 0 Å². The van der Waals surface area contributed by atoms with Crippen molar-refractivity contribution in [2.24, 2.45) is 0 Å². The summed E-state index contributed by atoms with van der Waals surface area (Å²) in [5, 5.41) is 1.13. The Kier molecular flexibility index (Phi) is 3.37. The minimum absolute atomic E-state index is 0.499. The standard InChI is InChI=1S/C20H24N4O/c1-13-11-16-19(25-13)7-9-21-20(16)23-10-8-15(12-23)24-14(2)22-17-5-3-4-6-18(17)24/h7,9,11,15H,3-6,8,10,12H2,1-2H3/t15-/m0/s1. The Hall–Kier alpha value is -2.30. The molecule has 1 fully saturated rings. The van der Waals surface area contributed by atoms with Gasteiger partial charge in [0.2, 0.25) is 0 Å². The fourth-order valence-corrected chi connectivity index (χ4v) is 4.66. The third-order valence-corrected chi connectivity index (χ3v) is 5.72. The average molecular weight is 336 g/mol. The number of aryl methyl sites for hydroxylation is 3. The first-order chi connectivity index (χ1) is 12.2. The van der Waals surface area contributed by atoms with Gasteiger partial charge in [0.15, 0.2) is 0 Å². The average Bonchev–Trinajstić information content (AvgIpc) is 3.28. The predicted octanol–water partition coefficient (Wildman–Crippen LogP) is 3.97. The van der Waals surface area contributed by atoms with Gasteiger partial charge in [-0.05, 0) is 58.1 Å². The normalized spacial score (nSPS) is 20.4. The number of rotatable bonds is 2. The largest absolute Gasteiger partial charge is 0.461 e. The van der Waals surface area contributed by atoms with Crippen LogP contribution in [0.2, 0.25) is 0 Å². The summed E-state index contributed by atoms with van der Waals surface area (Å²) in [6.45, 7) is 6.20. The number of aromatic nitrogens is 3. The lowest BCUT2D eigenvalue weighted by Gasteiger charge is -2.22. The zero-order valence-electron chi connectivity index (χ0n) is 15.0. The second kappa shape index (κ2) is 5.61. The molecule has 1 aliphatic heterocycles. The molecule has 5 rings (SSSR count). The van der Waals surface area contributed by atoms with Gasteiger partial charge < -0.3 is 13.9 Å². The molecule has 1 saturated heterocycles. The fourth-order valence-electron chi connectivity index (χ4n) is 4.66. The van der Waals surface area contributed by atoms with E-state index in [2.05, 4.69) is 27.4 Å². The van der Waals surface area contributed by atoms with E-state index >= 15 is 0 Å². The molecule has 5 nitrogen and oxygen atoms in total. The van der Waals surface area contributed by atoms with Crippen LogP contribution in [0.1, 0.15) is 48.3 Å². The molecule has 1 aliphatic carbocycles. The van der Waals surface area contributed by atoms with E-state index < -0.39 is 0 Å². The van der Waals surface area contributed by atoms with E-state index in [1.54, 1.807) is 0 Å². The number of anilines is 1. The van der Waals surface area contributed by atoms with Crippen molar-refractivity contribution in [3.63, 3.8) is 0 Å². The molecule has 0 spiro atoms. The van der Waals surface area contributed by atoms with Crippen molar-refractivity contribution < 1.29 is 4.42 Å². The van der Waals surface area contributed by atoms with Gasteiger partial charge in [0.05, 0.1) is 17.1 Å². The van der Waals surface area contributed by atoms with Crippen LogP contribution in [0.15, 0.2) is 22.7 Å². The molecule has 0 radical (unpaired) electrons. The number of hydrogen-bond acceptors (Lipinski definition) is 4. The molecule has 0 aromatic carbocycles. The maximum atomic E-state index is 5.78. The van der Waals surface area contributed by atoms with Crippen LogP contribution in [0, 0.1) is 13.8 Å². The molecule has 5 heteroatoms. The van der Waals surface area contributed by atoms with Gasteiger partial charge in [0, 0.05) is 25.0 Å². The Bertz CT molecular complexity index is 939. The first kappa shape index (κ1) is 15.0.